The van der Waals surface area contributed by atoms with E-state index < -0.39 is 29.0 Å². The molecule has 3 N–H and O–H groups in total. The molecule has 0 unspecified atom stereocenters. The van der Waals surface area contributed by atoms with Crippen LogP contribution in [-0.2, 0) is 17.3 Å². The highest BCUT2D eigenvalue weighted by atomic mass is 32.2. The Morgan fingerprint density at radius 1 is 1.33 bits per heavy atom. The molecule has 0 aliphatic heterocycles. The molecule has 1 fully saturated rings. The summed E-state index contributed by atoms with van der Waals surface area (Å²) >= 11 is 0. The summed E-state index contributed by atoms with van der Waals surface area (Å²) in [5.41, 5.74) is 1.34. The number of nitrogens with one attached hydrogen (secondary N) is 1. The second-order valence-corrected chi connectivity index (χ2v) is 9.47. The molecule has 0 bridgehead atoms. The van der Waals surface area contributed by atoms with Crippen molar-refractivity contribution in [2.45, 2.75) is 43.0 Å². The number of benzene rings is 1. The monoisotopic (exact) mass is 467 g/mol. The Morgan fingerprint density at radius 2 is 2.15 bits per heavy atom. The minimum atomic E-state index is -1.27. The van der Waals surface area contributed by atoms with E-state index in [0.29, 0.717) is 17.9 Å². The SMILES string of the molecule is C=C[S@](=O)c1cccc(Cn2ccc(C(=O)c3cncnc3N[C@@H]3C[C@@H](C)[C@@H](O)[C@H]3O)n2)c1. The lowest BCUT2D eigenvalue weighted by atomic mass is 10.1. The highest BCUT2D eigenvalue weighted by Gasteiger charge is 2.39. The number of anilines is 1. The van der Waals surface area contributed by atoms with Crippen LogP contribution in [0, 0.1) is 5.92 Å². The molecule has 2 aromatic heterocycles. The van der Waals surface area contributed by atoms with E-state index in [1.165, 1.54) is 17.9 Å². The molecular weight excluding hydrogens is 442 g/mol. The summed E-state index contributed by atoms with van der Waals surface area (Å²) in [7, 11) is -1.27. The molecule has 1 saturated carbocycles. The van der Waals surface area contributed by atoms with Crippen LogP contribution in [0.3, 0.4) is 0 Å². The minimum absolute atomic E-state index is 0.0726. The van der Waals surface area contributed by atoms with Gasteiger partial charge in [0.2, 0.25) is 5.78 Å². The molecule has 3 aromatic rings. The van der Waals surface area contributed by atoms with Crippen LogP contribution < -0.4 is 5.32 Å². The lowest BCUT2D eigenvalue weighted by molar-refractivity contribution is 0.0210. The summed E-state index contributed by atoms with van der Waals surface area (Å²) in [6.45, 7) is 5.81. The smallest absolute Gasteiger partial charge is 0.218 e. The number of carbonyl (C=O) groups is 1. The molecule has 2 heterocycles. The van der Waals surface area contributed by atoms with Crippen molar-refractivity contribution in [2.75, 3.05) is 5.32 Å². The topological polar surface area (TPSA) is 130 Å². The van der Waals surface area contributed by atoms with Gasteiger partial charge in [-0.3, -0.25) is 9.48 Å². The van der Waals surface area contributed by atoms with Gasteiger partial charge >= 0.3 is 0 Å². The lowest BCUT2D eigenvalue weighted by Gasteiger charge is -2.19. The van der Waals surface area contributed by atoms with Crippen molar-refractivity contribution in [3.63, 3.8) is 0 Å². The summed E-state index contributed by atoms with van der Waals surface area (Å²) in [6.07, 6.45) is 3.18. The molecular formula is C23H25N5O4S. The average Bonchev–Trinajstić information content (AvgIpc) is 3.39. The molecule has 1 aliphatic carbocycles. The fourth-order valence-electron chi connectivity index (χ4n) is 3.95. The van der Waals surface area contributed by atoms with Crippen molar-refractivity contribution in [3.05, 3.63) is 77.9 Å². The standard InChI is InChI=1S/C23H25N5O4S/c1-3-33(32)16-6-4-5-15(10-16)12-28-8-7-18(27-28)21(30)17-11-24-13-25-23(17)26-19-9-14(2)20(29)22(19)31/h3-8,10-11,13-14,19-20,22,29,31H,1,9,12H2,2H3,(H,24,25,26)/t14-,19-,20-,22+,33+/m1/s1. The first-order valence-electron chi connectivity index (χ1n) is 10.5. The van der Waals surface area contributed by atoms with Crippen molar-refractivity contribution < 1.29 is 19.2 Å². The maximum atomic E-state index is 13.1. The van der Waals surface area contributed by atoms with E-state index in [2.05, 4.69) is 27.0 Å². The summed E-state index contributed by atoms with van der Waals surface area (Å²) in [4.78, 5) is 21.9. The van der Waals surface area contributed by atoms with E-state index in [0.717, 1.165) is 5.56 Å². The summed E-state index contributed by atoms with van der Waals surface area (Å²) in [5.74, 6) is -0.148. The Kier molecular flexibility index (Phi) is 6.77. The molecule has 172 valence electrons. The number of aliphatic hydroxyl groups excluding tert-OH is 2. The third-order valence-electron chi connectivity index (χ3n) is 5.75. The van der Waals surface area contributed by atoms with Gasteiger partial charge < -0.3 is 15.5 Å². The Hall–Kier alpha value is -3.21. The van der Waals surface area contributed by atoms with E-state index in [-0.39, 0.29) is 28.8 Å². The van der Waals surface area contributed by atoms with Crippen molar-refractivity contribution in [3.8, 4) is 0 Å². The van der Waals surface area contributed by atoms with Crippen LogP contribution in [0.1, 0.15) is 35.0 Å². The van der Waals surface area contributed by atoms with Gasteiger partial charge in [-0.25, -0.2) is 14.2 Å². The van der Waals surface area contributed by atoms with Gasteiger partial charge in [-0.05, 0) is 36.1 Å². The van der Waals surface area contributed by atoms with Crippen LogP contribution in [-0.4, -0.2) is 58.2 Å². The zero-order valence-corrected chi connectivity index (χ0v) is 18.9. The van der Waals surface area contributed by atoms with Crippen molar-refractivity contribution in [1.29, 1.82) is 0 Å². The van der Waals surface area contributed by atoms with Gasteiger partial charge in [-0.2, -0.15) is 5.10 Å². The first kappa shape index (κ1) is 23.0. The zero-order valence-electron chi connectivity index (χ0n) is 18.0. The van der Waals surface area contributed by atoms with Crippen molar-refractivity contribution in [1.82, 2.24) is 19.7 Å². The fraction of sp³-hybridized carbons (Fsp3) is 0.304. The van der Waals surface area contributed by atoms with Gasteiger partial charge in [0, 0.05) is 22.7 Å². The van der Waals surface area contributed by atoms with Crippen LogP contribution in [0.2, 0.25) is 0 Å². The molecule has 4 rings (SSSR count). The Balaban J connectivity index is 1.51. The van der Waals surface area contributed by atoms with Gasteiger partial charge in [0.15, 0.2) is 0 Å². The largest absolute Gasteiger partial charge is 0.390 e. The van der Waals surface area contributed by atoms with E-state index in [1.54, 1.807) is 23.0 Å². The number of ketones is 1. The average molecular weight is 468 g/mol. The quantitative estimate of drug-likeness (QED) is 0.427. The zero-order chi connectivity index (χ0) is 23.5. The molecule has 1 aromatic carbocycles. The highest BCUT2D eigenvalue weighted by molar-refractivity contribution is 7.88. The maximum Gasteiger partial charge on any atom is 0.218 e. The molecule has 5 atom stereocenters. The van der Waals surface area contributed by atoms with E-state index in [1.807, 2.05) is 25.1 Å². The van der Waals surface area contributed by atoms with Gasteiger partial charge in [0.1, 0.15) is 23.9 Å². The highest BCUT2D eigenvalue weighted by Crippen LogP contribution is 2.29. The third-order valence-corrected chi connectivity index (χ3v) is 6.77. The predicted molar refractivity (Wildman–Crippen MR) is 123 cm³/mol. The van der Waals surface area contributed by atoms with Gasteiger partial charge in [-0.1, -0.05) is 25.6 Å². The predicted octanol–water partition coefficient (Wildman–Crippen LogP) is 1.75. The Labute approximate surface area is 193 Å². The first-order valence-corrected chi connectivity index (χ1v) is 11.7. The van der Waals surface area contributed by atoms with Gasteiger partial charge in [0.25, 0.3) is 0 Å². The minimum Gasteiger partial charge on any atom is -0.390 e. The number of hydrogen-bond donors (Lipinski definition) is 3. The Bertz CT molecular complexity index is 1200. The van der Waals surface area contributed by atoms with Crippen LogP contribution in [0.25, 0.3) is 0 Å². The van der Waals surface area contributed by atoms with Gasteiger partial charge in [-0.15, -0.1) is 0 Å². The third kappa shape index (κ3) is 4.92. The number of hydrogen-bond acceptors (Lipinski definition) is 8. The first-order chi connectivity index (χ1) is 15.9. The number of aromatic nitrogens is 4. The van der Waals surface area contributed by atoms with Crippen molar-refractivity contribution in [2.24, 2.45) is 5.92 Å². The second kappa shape index (κ2) is 9.74. The lowest BCUT2D eigenvalue weighted by Crippen LogP contribution is -2.35. The summed E-state index contributed by atoms with van der Waals surface area (Å²) in [6, 6.07) is 8.47. The summed E-state index contributed by atoms with van der Waals surface area (Å²) < 4.78 is 13.6. The van der Waals surface area contributed by atoms with E-state index in [9.17, 15) is 19.2 Å². The molecule has 0 amide bonds. The second-order valence-electron chi connectivity index (χ2n) is 8.07. The van der Waals surface area contributed by atoms with E-state index >= 15 is 0 Å². The number of nitrogens with zero attached hydrogens (tertiary/aromatic N) is 4. The maximum absolute atomic E-state index is 13.1. The molecule has 0 saturated heterocycles. The van der Waals surface area contributed by atoms with Crippen LogP contribution in [0.15, 0.2) is 65.9 Å². The van der Waals surface area contributed by atoms with Gasteiger partial charge in [0.05, 0.1) is 35.1 Å². The van der Waals surface area contributed by atoms with E-state index in [4.69, 9.17) is 0 Å². The molecule has 10 heteroatoms. The number of carbonyl (C=O) groups excluding carboxylic acids is 1. The van der Waals surface area contributed by atoms with Crippen LogP contribution in [0.5, 0.6) is 0 Å². The number of aliphatic hydroxyl groups is 2. The fourth-order valence-corrected chi connectivity index (χ4v) is 4.62. The van der Waals surface area contributed by atoms with Crippen LogP contribution >= 0.6 is 0 Å². The van der Waals surface area contributed by atoms with Crippen molar-refractivity contribution >= 4 is 22.4 Å². The molecule has 1 aliphatic rings. The number of rotatable bonds is 8. The molecule has 0 spiro atoms. The molecule has 33 heavy (non-hydrogen) atoms. The molecule has 0 radical (unpaired) electrons. The summed E-state index contributed by atoms with van der Waals surface area (Å²) in [5, 5.41) is 29.2. The normalized spacial score (nSPS) is 23.2. The molecule has 9 nitrogen and oxygen atoms in total. The Morgan fingerprint density at radius 3 is 2.88 bits per heavy atom. The van der Waals surface area contributed by atoms with Crippen LogP contribution in [0.4, 0.5) is 5.82 Å².